The lowest BCUT2D eigenvalue weighted by molar-refractivity contribution is -0.120. The number of hydrogen-bond acceptors (Lipinski definition) is 8. The van der Waals surface area contributed by atoms with Gasteiger partial charge in [0.1, 0.15) is 16.4 Å². The van der Waals surface area contributed by atoms with Crippen LogP contribution >= 0.6 is 11.8 Å². The minimum atomic E-state index is -0.455. The molecule has 0 aliphatic carbocycles. The Labute approximate surface area is 252 Å². The van der Waals surface area contributed by atoms with Crippen LogP contribution in [0.3, 0.4) is 0 Å². The molecule has 2 heterocycles. The quantitative estimate of drug-likeness (QED) is 0.230. The van der Waals surface area contributed by atoms with Gasteiger partial charge in [-0.2, -0.15) is 0 Å². The lowest BCUT2D eigenvalue weighted by Crippen LogP contribution is -2.32. The van der Waals surface area contributed by atoms with Gasteiger partial charge < -0.3 is 24.8 Å². The van der Waals surface area contributed by atoms with Crippen molar-refractivity contribution in [1.82, 2.24) is 0 Å². The topological polar surface area (TPSA) is 106 Å². The van der Waals surface area contributed by atoms with Crippen LogP contribution in [0.5, 0.6) is 17.2 Å². The first kappa shape index (κ1) is 27.9. The van der Waals surface area contributed by atoms with Gasteiger partial charge in [0, 0.05) is 21.8 Å². The van der Waals surface area contributed by atoms with Crippen LogP contribution in [0.15, 0.2) is 100 Å². The number of anilines is 3. The summed E-state index contributed by atoms with van der Waals surface area (Å²) in [6.45, 7) is 4.13. The van der Waals surface area contributed by atoms with E-state index in [0.717, 1.165) is 16.0 Å². The molecule has 0 fully saturated rings. The molecule has 0 bridgehead atoms. The van der Waals surface area contributed by atoms with Crippen molar-refractivity contribution >= 4 is 46.5 Å². The predicted octanol–water partition coefficient (Wildman–Crippen LogP) is 6.28. The summed E-state index contributed by atoms with van der Waals surface area (Å²) in [5, 5.41) is 6.07. The molecule has 2 aliphatic rings. The third-order valence-electron chi connectivity index (χ3n) is 7.12. The summed E-state index contributed by atoms with van der Waals surface area (Å²) >= 11 is 1.18. The van der Waals surface area contributed by atoms with Gasteiger partial charge in [-0.05, 0) is 104 Å². The van der Waals surface area contributed by atoms with E-state index in [1.807, 2.05) is 32.0 Å². The molecule has 0 radical (unpaired) electrons. The molecule has 0 aromatic heterocycles. The van der Waals surface area contributed by atoms with Crippen LogP contribution in [0.4, 0.5) is 17.1 Å². The van der Waals surface area contributed by atoms with Crippen molar-refractivity contribution in [3.05, 3.63) is 112 Å². The zero-order valence-electron chi connectivity index (χ0n) is 23.6. The highest BCUT2D eigenvalue weighted by molar-refractivity contribution is 8.04. The van der Waals surface area contributed by atoms with Gasteiger partial charge in [-0.3, -0.25) is 14.4 Å². The first-order valence-corrected chi connectivity index (χ1v) is 14.2. The monoisotopic (exact) mass is 593 g/mol. The maximum absolute atomic E-state index is 13.7. The zero-order valence-corrected chi connectivity index (χ0v) is 24.4. The molecule has 0 unspecified atom stereocenters. The van der Waals surface area contributed by atoms with Crippen molar-refractivity contribution < 1.29 is 28.6 Å². The first-order valence-electron chi connectivity index (χ1n) is 13.4. The molecule has 2 N–H and O–H groups in total. The Balaban J connectivity index is 1.25. The Bertz CT molecular complexity index is 1780. The smallest absolute Gasteiger partial charge is 0.283 e. The molecule has 4 aromatic carbocycles. The van der Waals surface area contributed by atoms with Crippen molar-refractivity contribution in [3.8, 4) is 17.2 Å². The SMILES string of the molecule is COc1ccc(N2C(=O)C(Nc3ccc(C)c(C)c3)=C(Sc3ccc(NC(=O)c4ccc5c(c4)OCO5)cc3)C2=O)cc1. The molecule has 6 rings (SSSR count). The molecule has 0 saturated heterocycles. The lowest BCUT2D eigenvalue weighted by Gasteiger charge is -2.16. The Morgan fingerprint density at radius 1 is 0.814 bits per heavy atom. The van der Waals surface area contributed by atoms with Gasteiger partial charge in [0.25, 0.3) is 17.7 Å². The maximum atomic E-state index is 13.7. The van der Waals surface area contributed by atoms with E-state index >= 15 is 0 Å². The van der Waals surface area contributed by atoms with Crippen molar-refractivity contribution in [2.75, 3.05) is 29.4 Å². The van der Waals surface area contributed by atoms with E-state index in [2.05, 4.69) is 10.6 Å². The number of nitrogens with one attached hydrogen (secondary N) is 2. The number of aryl methyl sites for hydroxylation is 2. The van der Waals surface area contributed by atoms with Crippen LogP contribution in [-0.2, 0) is 9.59 Å². The van der Waals surface area contributed by atoms with Crippen molar-refractivity contribution in [1.29, 1.82) is 0 Å². The minimum absolute atomic E-state index is 0.129. The number of rotatable bonds is 8. The number of fused-ring (bicyclic) bond motifs is 1. The number of amides is 3. The van der Waals surface area contributed by atoms with Gasteiger partial charge in [-0.15, -0.1) is 0 Å². The van der Waals surface area contributed by atoms with E-state index in [4.69, 9.17) is 14.2 Å². The van der Waals surface area contributed by atoms with E-state index in [-0.39, 0.29) is 23.3 Å². The number of methoxy groups -OCH3 is 1. The fourth-order valence-electron chi connectivity index (χ4n) is 4.61. The van der Waals surface area contributed by atoms with Crippen molar-refractivity contribution in [2.24, 2.45) is 0 Å². The van der Waals surface area contributed by atoms with Crippen LogP contribution in [-0.4, -0.2) is 31.6 Å². The number of thioether (sulfide) groups is 1. The third kappa shape index (κ3) is 5.64. The summed E-state index contributed by atoms with van der Waals surface area (Å²) in [5.74, 6) is 0.550. The van der Waals surface area contributed by atoms with Gasteiger partial charge in [0.05, 0.1) is 12.8 Å². The highest BCUT2D eigenvalue weighted by Gasteiger charge is 2.40. The van der Waals surface area contributed by atoms with E-state index in [9.17, 15) is 14.4 Å². The fraction of sp³-hybridized carbons (Fsp3) is 0.121. The normalized spacial score (nSPS) is 13.9. The predicted molar refractivity (Wildman–Crippen MR) is 165 cm³/mol. The Morgan fingerprint density at radius 3 is 2.26 bits per heavy atom. The molecular weight excluding hydrogens is 566 g/mol. The van der Waals surface area contributed by atoms with E-state index in [1.54, 1.807) is 73.8 Å². The molecule has 0 spiro atoms. The van der Waals surface area contributed by atoms with Crippen molar-refractivity contribution in [2.45, 2.75) is 18.7 Å². The second-order valence-corrected chi connectivity index (χ2v) is 11.0. The lowest BCUT2D eigenvalue weighted by atomic mass is 10.1. The van der Waals surface area contributed by atoms with Crippen LogP contribution in [0.2, 0.25) is 0 Å². The molecule has 10 heteroatoms. The molecule has 3 amide bonds. The number of carbonyl (C=O) groups is 3. The van der Waals surface area contributed by atoms with Gasteiger partial charge in [-0.25, -0.2) is 4.90 Å². The molecule has 0 atom stereocenters. The van der Waals surface area contributed by atoms with Crippen LogP contribution in [0.1, 0.15) is 21.5 Å². The number of imide groups is 1. The summed E-state index contributed by atoms with van der Waals surface area (Å²) in [4.78, 5) is 42.3. The molecular formula is C33H27N3O6S. The minimum Gasteiger partial charge on any atom is -0.497 e. The number of ether oxygens (including phenoxy) is 3. The summed E-state index contributed by atoms with van der Waals surface area (Å²) in [6.07, 6.45) is 0. The van der Waals surface area contributed by atoms with Gasteiger partial charge in [-0.1, -0.05) is 17.8 Å². The molecule has 0 saturated carbocycles. The second-order valence-electron chi connectivity index (χ2n) is 9.92. The Morgan fingerprint density at radius 2 is 1.53 bits per heavy atom. The third-order valence-corrected chi connectivity index (χ3v) is 8.21. The van der Waals surface area contributed by atoms with Crippen molar-refractivity contribution in [3.63, 3.8) is 0 Å². The summed E-state index contributed by atoms with van der Waals surface area (Å²) < 4.78 is 15.9. The zero-order chi connectivity index (χ0) is 30.1. The molecule has 4 aromatic rings. The van der Waals surface area contributed by atoms with E-state index in [0.29, 0.717) is 44.8 Å². The average Bonchev–Trinajstić information content (AvgIpc) is 3.58. The summed E-state index contributed by atoms with van der Waals surface area (Å²) in [6, 6.07) is 24.6. The molecule has 2 aliphatic heterocycles. The molecule has 9 nitrogen and oxygen atoms in total. The molecule has 43 heavy (non-hydrogen) atoms. The van der Waals surface area contributed by atoms with Gasteiger partial charge >= 0.3 is 0 Å². The van der Waals surface area contributed by atoms with Crippen LogP contribution in [0, 0.1) is 13.8 Å². The highest BCUT2D eigenvalue weighted by Crippen LogP contribution is 2.39. The Kier molecular flexibility index (Phi) is 7.52. The summed E-state index contributed by atoms with van der Waals surface area (Å²) in [7, 11) is 1.55. The maximum Gasteiger partial charge on any atom is 0.283 e. The molecule has 216 valence electrons. The number of nitrogens with zero attached hydrogens (tertiary/aromatic N) is 1. The number of benzene rings is 4. The fourth-order valence-corrected chi connectivity index (χ4v) is 5.54. The van der Waals surface area contributed by atoms with Crippen LogP contribution < -0.4 is 29.7 Å². The number of carbonyl (C=O) groups excluding carboxylic acids is 3. The van der Waals surface area contributed by atoms with E-state index in [1.165, 1.54) is 11.8 Å². The van der Waals surface area contributed by atoms with Crippen LogP contribution in [0.25, 0.3) is 0 Å². The van der Waals surface area contributed by atoms with E-state index < -0.39 is 11.8 Å². The average molecular weight is 594 g/mol. The summed E-state index contributed by atoms with van der Waals surface area (Å²) in [5.41, 5.74) is 4.51. The standard InChI is InChI=1S/C33H27N3O6S/c1-19-4-6-23(16-20(19)2)34-29-30(33(39)36(32(29)38)24-9-11-25(40-3)12-10-24)43-26-13-7-22(8-14-26)35-31(37)21-5-15-27-28(17-21)42-18-41-27/h4-17,34H,18H2,1-3H3,(H,35,37). The Hall–Kier alpha value is -5.22. The van der Waals surface area contributed by atoms with Gasteiger partial charge in [0.15, 0.2) is 11.5 Å². The first-order chi connectivity index (χ1) is 20.8. The largest absolute Gasteiger partial charge is 0.497 e. The number of hydrogen-bond donors (Lipinski definition) is 2. The van der Waals surface area contributed by atoms with Gasteiger partial charge in [0.2, 0.25) is 6.79 Å². The second kappa shape index (κ2) is 11.6. The highest BCUT2D eigenvalue weighted by atomic mass is 32.2.